The van der Waals surface area contributed by atoms with Crippen LogP contribution in [0.25, 0.3) is 10.9 Å². The predicted octanol–water partition coefficient (Wildman–Crippen LogP) is 5.40. The lowest BCUT2D eigenvalue weighted by Crippen LogP contribution is -2.24. The molecule has 4 aromatic rings. The Morgan fingerprint density at radius 2 is 1.67 bits per heavy atom. The number of carbonyl (C=O) groups is 2. The summed E-state index contributed by atoms with van der Waals surface area (Å²) in [4.78, 5) is 39.3. The number of aryl methyl sites for hydroxylation is 2. The van der Waals surface area contributed by atoms with E-state index in [2.05, 4.69) is 5.32 Å². The van der Waals surface area contributed by atoms with Crippen LogP contribution in [0, 0.1) is 6.92 Å². The smallest absolute Gasteiger partial charge is 0.244 e. The highest BCUT2D eigenvalue weighted by molar-refractivity contribution is 6.30. The van der Waals surface area contributed by atoms with Crippen LogP contribution in [0.15, 0.2) is 77.7 Å². The Kier molecular flexibility index (Phi) is 6.43. The van der Waals surface area contributed by atoms with Gasteiger partial charge in [-0.2, -0.15) is 0 Å². The monoisotopic (exact) mass is 458 g/mol. The highest BCUT2D eigenvalue weighted by atomic mass is 35.5. The molecule has 0 aliphatic rings. The number of aromatic nitrogens is 1. The zero-order chi connectivity index (χ0) is 23.5. The van der Waals surface area contributed by atoms with Crippen molar-refractivity contribution >= 4 is 39.9 Å². The van der Waals surface area contributed by atoms with Gasteiger partial charge in [-0.05, 0) is 55.3 Å². The third-order valence-corrected chi connectivity index (χ3v) is 5.81. The van der Waals surface area contributed by atoms with Crippen LogP contribution in [-0.2, 0) is 17.8 Å². The molecular weight excluding hydrogens is 436 g/mol. The molecule has 1 heterocycles. The minimum absolute atomic E-state index is 0.0406. The van der Waals surface area contributed by atoms with Crippen LogP contribution in [0.4, 0.5) is 5.69 Å². The maximum atomic E-state index is 13.3. The van der Waals surface area contributed by atoms with Gasteiger partial charge in [-0.15, -0.1) is 0 Å². The van der Waals surface area contributed by atoms with Crippen LogP contribution < -0.4 is 10.7 Å². The molecule has 0 atom stereocenters. The van der Waals surface area contributed by atoms with E-state index >= 15 is 0 Å². The Bertz CT molecular complexity index is 1400. The highest BCUT2D eigenvalue weighted by Gasteiger charge is 2.18. The van der Waals surface area contributed by atoms with E-state index < -0.39 is 0 Å². The van der Waals surface area contributed by atoms with Gasteiger partial charge in [-0.3, -0.25) is 14.4 Å². The first kappa shape index (κ1) is 22.5. The standard InChI is InChI=1S/C27H23ClN2O3/c1-3-18-6-13-24-22(14-18)27(33)23(26(32)19-7-4-17(2)5-8-19)15-30(24)16-25(31)29-21-11-9-20(28)10-12-21/h4-15H,3,16H2,1-2H3,(H,29,31). The molecular formula is C27H23ClN2O3. The second kappa shape index (κ2) is 9.43. The summed E-state index contributed by atoms with van der Waals surface area (Å²) in [6.07, 6.45) is 2.24. The average Bonchev–Trinajstić information content (AvgIpc) is 2.82. The van der Waals surface area contributed by atoms with Crippen molar-refractivity contribution in [3.8, 4) is 0 Å². The second-order valence-corrected chi connectivity index (χ2v) is 8.39. The maximum absolute atomic E-state index is 13.3. The Hall–Kier alpha value is -3.70. The Labute approximate surface area is 196 Å². The first-order valence-electron chi connectivity index (χ1n) is 10.7. The summed E-state index contributed by atoms with van der Waals surface area (Å²) in [6.45, 7) is 3.88. The van der Waals surface area contributed by atoms with Crippen LogP contribution in [0.3, 0.4) is 0 Å². The number of pyridine rings is 1. The van der Waals surface area contributed by atoms with Gasteiger partial charge in [0.25, 0.3) is 0 Å². The first-order valence-corrected chi connectivity index (χ1v) is 11.1. The molecule has 0 radical (unpaired) electrons. The number of hydrogen-bond acceptors (Lipinski definition) is 3. The van der Waals surface area contributed by atoms with Crippen LogP contribution in [0.2, 0.25) is 5.02 Å². The molecule has 5 nitrogen and oxygen atoms in total. The van der Waals surface area contributed by atoms with E-state index in [1.165, 1.54) is 6.20 Å². The number of amides is 1. The van der Waals surface area contributed by atoms with Crippen molar-refractivity contribution in [2.24, 2.45) is 0 Å². The number of halogens is 1. The number of carbonyl (C=O) groups excluding carboxylic acids is 2. The molecule has 1 N–H and O–H groups in total. The summed E-state index contributed by atoms with van der Waals surface area (Å²) < 4.78 is 1.66. The van der Waals surface area contributed by atoms with Crippen molar-refractivity contribution in [2.45, 2.75) is 26.8 Å². The van der Waals surface area contributed by atoms with E-state index in [0.717, 1.165) is 17.5 Å². The van der Waals surface area contributed by atoms with Gasteiger partial charge in [0, 0.05) is 27.9 Å². The van der Waals surface area contributed by atoms with E-state index in [0.29, 0.717) is 27.2 Å². The van der Waals surface area contributed by atoms with Gasteiger partial charge in [0.15, 0.2) is 5.78 Å². The van der Waals surface area contributed by atoms with Gasteiger partial charge in [0.2, 0.25) is 11.3 Å². The number of ketones is 1. The normalized spacial score (nSPS) is 10.9. The molecule has 0 unspecified atom stereocenters. The number of nitrogens with one attached hydrogen (secondary N) is 1. The summed E-state index contributed by atoms with van der Waals surface area (Å²) in [5.74, 6) is -0.647. The summed E-state index contributed by atoms with van der Waals surface area (Å²) >= 11 is 5.91. The fourth-order valence-electron chi connectivity index (χ4n) is 3.71. The largest absolute Gasteiger partial charge is 0.337 e. The van der Waals surface area contributed by atoms with E-state index in [4.69, 9.17) is 11.6 Å². The van der Waals surface area contributed by atoms with Gasteiger partial charge in [-0.1, -0.05) is 54.4 Å². The predicted molar refractivity (Wildman–Crippen MR) is 132 cm³/mol. The Balaban J connectivity index is 1.77. The molecule has 0 bridgehead atoms. The van der Waals surface area contributed by atoms with E-state index in [9.17, 15) is 14.4 Å². The molecule has 1 amide bonds. The quantitative estimate of drug-likeness (QED) is 0.393. The number of hydrogen-bond donors (Lipinski definition) is 1. The van der Waals surface area contributed by atoms with Gasteiger partial charge in [0.05, 0.1) is 11.1 Å². The SMILES string of the molecule is CCc1ccc2c(c1)c(=O)c(C(=O)c1ccc(C)cc1)cn2CC(=O)Nc1ccc(Cl)cc1. The summed E-state index contributed by atoms with van der Waals surface area (Å²) in [5, 5.41) is 3.82. The number of fused-ring (bicyclic) bond motifs is 1. The average molecular weight is 459 g/mol. The molecule has 33 heavy (non-hydrogen) atoms. The minimum Gasteiger partial charge on any atom is -0.337 e. The fraction of sp³-hybridized carbons (Fsp3) is 0.148. The van der Waals surface area contributed by atoms with Gasteiger partial charge in [-0.25, -0.2) is 0 Å². The van der Waals surface area contributed by atoms with Gasteiger partial charge >= 0.3 is 0 Å². The number of anilines is 1. The van der Waals surface area contributed by atoms with Crippen molar-refractivity contribution in [1.82, 2.24) is 4.57 Å². The topological polar surface area (TPSA) is 68.2 Å². The van der Waals surface area contributed by atoms with E-state index in [1.54, 1.807) is 47.0 Å². The molecule has 0 aliphatic carbocycles. The van der Waals surface area contributed by atoms with E-state index in [-0.39, 0.29) is 29.2 Å². The summed E-state index contributed by atoms with van der Waals surface area (Å²) in [5.41, 5.74) is 3.36. The highest BCUT2D eigenvalue weighted by Crippen LogP contribution is 2.18. The molecule has 0 spiro atoms. The lowest BCUT2D eigenvalue weighted by atomic mass is 10.00. The maximum Gasteiger partial charge on any atom is 0.244 e. The molecule has 0 saturated carbocycles. The summed E-state index contributed by atoms with van der Waals surface area (Å²) in [7, 11) is 0. The van der Waals surface area contributed by atoms with E-state index in [1.807, 2.05) is 38.1 Å². The lowest BCUT2D eigenvalue weighted by Gasteiger charge is -2.14. The number of nitrogens with zero attached hydrogens (tertiary/aromatic N) is 1. The molecule has 0 aliphatic heterocycles. The second-order valence-electron chi connectivity index (χ2n) is 7.96. The van der Waals surface area contributed by atoms with Gasteiger partial charge in [0.1, 0.15) is 6.54 Å². The fourth-order valence-corrected chi connectivity index (χ4v) is 3.83. The molecule has 0 fully saturated rings. The summed E-state index contributed by atoms with van der Waals surface area (Å²) in [6, 6.07) is 19.4. The zero-order valence-corrected chi connectivity index (χ0v) is 19.1. The number of benzene rings is 3. The third kappa shape index (κ3) is 4.89. The molecule has 1 aromatic heterocycles. The zero-order valence-electron chi connectivity index (χ0n) is 18.4. The van der Waals surface area contributed by atoms with Gasteiger partial charge < -0.3 is 9.88 Å². The van der Waals surface area contributed by atoms with Crippen molar-refractivity contribution < 1.29 is 9.59 Å². The molecule has 4 rings (SSSR count). The van der Waals surface area contributed by atoms with Crippen LogP contribution in [-0.4, -0.2) is 16.3 Å². The molecule has 6 heteroatoms. The lowest BCUT2D eigenvalue weighted by molar-refractivity contribution is -0.116. The van der Waals surface area contributed by atoms with Crippen LogP contribution in [0.1, 0.15) is 34.0 Å². The third-order valence-electron chi connectivity index (χ3n) is 5.55. The number of rotatable bonds is 6. The van der Waals surface area contributed by atoms with Crippen molar-refractivity contribution in [3.63, 3.8) is 0 Å². The molecule has 166 valence electrons. The van der Waals surface area contributed by atoms with Crippen molar-refractivity contribution in [3.05, 3.63) is 110 Å². The first-order chi connectivity index (χ1) is 15.9. The van der Waals surface area contributed by atoms with Crippen LogP contribution in [0.5, 0.6) is 0 Å². The molecule has 3 aromatic carbocycles. The Morgan fingerprint density at radius 1 is 0.970 bits per heavy atom. The molecule has 0 saturated heterocycles. The van der Waals surface area contributed by atoms with Crippen LogP contribution >= 0.6 is 11.6 Å². The van der Waals surface area contributed by atoms with Crippen molar-refractivity contribution in [2.75, 3.05) is 5.32 Å². The minimum atomic E-state index is -0.365. The van der Waals surface area contributed by atoms with Crippen molar-refractivity contribution in [1.29, 1.82) is 0 Å². The Morgan fingerprint density at radius 3 is 2.33 bits per heavy atom.